The van der Waals surface area contributed by atoms with Gasteiger partial charge in [-0.15, -0.1) is 0 Å². The zero-order valence-corrected chi connectivity index (χ0v) is 25.8. The molecule has 10 N–H and O–H groups in total. The largest absolute Gasteiger partial charge is 0.508 e. The molecule has 0 spiro atoms. The van der Waals surface area contributed by atoms with Gasteiger partial charge in [0.05, 0.1) is 12.5 Å². The minimum Gasteiger partial charge on any atom is -0.508 e. The Morgan fingerprint density at radius 2 is 1.34 bits per heavy atom. The molecule has 3 aliphatic rings. The lowest BCUT2D eigenvalue weighted by molar-refractivity contribution is -0.277. The molecule has 0 unspecified atom stereocenters. The number of benzene rings is 4. The molecule has 262 valence electrons. The van der Waals surface area contributed by atoms with Gasteiger partial charge in [-0.2, -0.15) is 0 Å². The number of rotatable bonds is 6. The van der Waals surface area contributed by atoms with Crippen LogP contribution in [0.2, 0.25) is 0 Å². The van der Waals surface area contributed by atoms with Crippen LogP contribution < -0.4 is 14.2 Å². The molecule has 3 aliphatic heterocycles. The highest BCUT2D eigenvalue weighted by Gasteiger charge is 2.50. The maximum Gasteiger partial charge on any atom is 0.229 e. The molecular weight excluding hydrogens is 660 g/mol. The van der Waals surface area contributed by atoms with Gasteiger partial charge in [0, 0.05) is 17.7 Å². The summed E-state index contributed by atoms with van der Waals surface area (Å²) < 4.78 is 24.4. The Kier molecular flexibility index (Phi) is 8.34. The van der Waals surface area contributed by atoms with Crippen LogP contribution in [0.25, 0.3) is 0 Å². The van der Waals surface area contributed by atoms with Gasteiger partial charge in [-0.05, 0) is 53.1 Å². The summed E-state index contributed by atoms with van der Waals surface area (Å²) in [6.45, 7) is -0.749. The Bertz CT molecular complexity index is 1920. The van der Waals surface area contributed by atoms with Crippen LogP contribution in [0.15, 0.2) is 66.7 Å². The third-order valence-corrected chi connectivity index (χ3v) is 9.09. The van der Waals surface area contributed by atoms with Crippen molar-refractivity contribution in [1.82, 2.24) is 0 Å². The number of aliphatic hydroxyl groups is 5. The van der Waals surface area contributed by atoms with E-state index >= 15 is 0 Å². The zero-order chi connectivity index (χ0) is 35.6. The van der Waals surface area contributed by atoms with Crippen molar-refractivity contribution in [3.8, 4) is 46.0 Å². The number of hydrogen-bond donors (Lipinski definition) is 10. The fraction of sp³-hybridized carbons (Fsp3) is 0.286. The van der Waals surface area contributed by atoms with E-state index in [4.69, 9.17) is 18.9 Å². The molecule has 0 aliphatic carbocycles. The number of phenols is 5. The third kappa shape index (κ3) is 5.55. The molecule has 3 heterocycles. The minimum absolute atomic E-state index is 0.0576. The van der Waals surface area contributed by atoms with Crippen LogP contribution >= 0.6 is 0 Å². The van der Waals surface area contributed by atoms with Crippen LogP contribution in [-0.2, 0) is 4.74 Å². The number of phenolic OH excluding ortho intramolecular Hbond substituents is 5. The average Bonchev–Trinajstić information content (AvgIpc) is 3.48. The van der Waals surface area contributed by atoms with Crippen LogP contribution in [0.4, 0.5) is 0 Å². The molecule has 4 aromatic carbocycles. The van der Waals surface area contributed by atoms with Gasteiger partial charge in [0.25, 0.3) is 0 Å². The normalized spacial score (nSPS) is 28.7. The summed E-state index contributed by atoms with van der Waals surface area (Å²) in [6, 6.07) is 14.5. The predicted molar refractivity (Wildman–Crippen MR) is 167 cm³/mol. The van der Waals surface area contributed by atoms with Crippen molar-refractivity contribution >= 4 is 5.78 Å². The molecule has 4 aromatic rings. The molecular formula is C35H32O15. The summed E-state index contributed by atoms with van der Waals surface area (Å²) in [6.07, 6.45) is -12.7. The Labute approximate surface area is 282 Å². The number of ether oxygens (including phenoxy) is 4. The van der Waals surface area contributed by atoms with Gasteiger partial charge in [-0.1, -0.05) is 18.2 Å². The molecule has 50 heavy (non-hydrogen) atoms. The molecule has 7 rings (SSSR count). The summed E-state index contributed by atoms with van der Waals surface area (Å²) in [5.41, 5.74) is 0.735. The highest BCUT2D eigenvalue weighted by Crippen LogP contribution is 2.59. The number of aliphatic hydroxyl groups excluding tert-OH is 5. The maximum atomic E-state index is 14.0. The maximum absolute atomic E-state index is 14.0. The van der Waals surface area contributed by atoms with E-state index in [1.54, 1.807) is 12.1 Å². The first-order valence-electron chi connectivity index (χ1n) is 15.4. The van der Waals surface area contributed by atoms with Gasteiger partial charge in [-0.25, -0.2) is 0 Å². The number of carbonyl (C=O) groups is 1. The SMILES string of the molecule is O=C1c2c(cc(O[C@@H]3O[C@H](CO)[C@@H](O)[C@H](O)[C@H]3O)c3c2O[C@H](c2ccc(O)cc2)[C@H]3c2cc(O)cc(O)c2)O[C@@H](c2ccc(O)c(O)c2)[C@@H]1O. The molecule has 0 saturated carbocycles. The zero-order valence-electron chi connectivity index (χ0n) is 25.8. The Morgan fingerprint density at radius 3 is 2.00 bits per heavy atom. The van der Waals surface area contributed by atoms with E-state index in [1.165, 1.54) is 36.4 Å². The van der Waals surface area contributed by atoms with Gasteiger partial charge >= 0.3 is 0 Å². The molecule has 0 bridgehead atoms. The first kappa shape index (κ1) is 33.2. The van der Waals surface area contributed by atoms with Crippen molar-refractivity contribution in [2.24, 2.45) is 0 Å². The van der Waals surface area contributed by atoms with Crippen LogP contribution in [0.5, 0.6) is 46.0 Å². The summed E-state index contributed by atoms with van der Waals surface area (Å²) in [7, 11) is 0. The molecule has 15 nitrogen and oxygen atoms in total. The van der Waals surface area contributed by atoms with E-state index in [0.29, 0.717) is 5.56 Å². The van der Waals surface area contributed by atoms with Crippen LogP contribution in [0.1, 0.15) is 50.7 Å². The van der Waals surface area contributed by atoms with Crippen LogP contribution in [0, 0.1) is 0 Å². The lowest BCUT2D eigenvalue weighted by Gasteiger charge is -2.40. The van der Waals surface area contributed by atoms with Gasteiger partial charge < -0.3 is 70.0 Å². The van der Waals surface area contributed by atoms with E-state index in [-0.39, 0.29) is 56.8 Å². The van der Waals surface area contributed by atoms with Gasteiger partial charge in [0.15, 0.2) is 23.7 Å². The fourth-order valence-corrected chi connectivity index (χ4v) is 6.62. The second-order valence-corrected chi connectivity index (χ2v) is 12.3. The molecule has 1 fully saturated rings. The van der Waals surface area contributed by atoms with E-state index in [9.17, 15) is 55.9 Å². The lowest BCUT2D eigenvalue weighted by atomic mass is 9.82. The second-order valence-electron chi connectivity index (χ2n) is 12.3. The van der Waals surface area contributed by atoms with E-state index in [2.05, 4.69) is 0 Å². The van der Waals surface area contributed by atoms with Crippen LogP contribution in [0.3, 0.4) is 0 Å². The number of fused-ring (bicyclic) bond motifs is 3. The fourth-order valence-electron chi connectivity index (χ4n) is 6.62. The summed E-state index contributed by atoms with van der Waals surface area (Å²) in [5.74, 6) is -4.02. The molecule has 0 aromatic heterocycles. The summed E-state index contributed by atoms with van der Waals surface area (Å²) in [4.78, 5) is 14.0. The van der Waals surface area contributed by atoms with Crippen molar-refractivity contribution in [1.29, 1.82) is 0 Å². The topological polar surface area (TPSA) is 256 Å². The lowest BCUT2D eigenvalue weighted by Crippen LogP contribution is -2.60. The summed E-state index contributed by atoms with van der Waals surface area (Å²) >= 11 is 0. The van der Waals surface area contributed by atoms with E-state index in [1.807, 2.05) is 0 Å². The van der Waals surface area contributed by atoms with Crippen molar-refractivity contribution in [2.45, 2.75) is 54.9 Å². The quantitative estimate of drug-likeness (QED) is 0.128. The highest BCUT2D eigenvalue weighted by atomic mass is 16.7. The molecule has 9 atom stereocenters. The molecule has 1 saturated heterocycles. The van der Waals surface area contributed by atoms with Gasteiger partial charge in [0.2, 0.25) is 12.1 Å². The van der Waals surface area contributed by atoms with Crippen molar-refractivity contribution in [3.63, 3.8) is 0 Å². The first-order chi connectivity index (χ1) is 23.9. The number of carbonyl (C=O) groups excluding carboxylic acids is 1. The minimum atomic E-state index is -1.85. The smallest absolute Gasteiger partial charge is 0.229 e. The molecule has 0 amide bonds. The second kappa shape index (κ2) is 12.5. The third-order valence-electron chi connectivity index (χ3n) is 9.09. The van der Waals surface area contributed by atoms with Gasteiger partial charge in [0.1, 0.15) is 70.6 Å². The average molecular weight is 693 g/mol. The summed E-state index contributed by atoms with van der Waals surface area (Å²) in [5, 5.41) is 104. The first-order valence-corrected chi connectivity index (χ1v) is 15.4. The van der Waals surface area contributed by atoms with Gasteiger partial charge in [-0.3, -0.25) is 4.79 Å². The van der Waals surface area contributed by atoms with E-state index in [0.717, 1.165) is 18.2 Å². The number of aromatic hydroxyl groups is 5. The Hall–Kier alpha value is -5.29. The van der Waals surface area contributed by atoms with E-state index < -0.39 is 78.8 Å². The Morgan fingerprint density at radius 1 is 0.660 bits per heavy atom. The van der Waals surface area contributed by atoms with Crippen molar-refractivity contribution < 1.29 is 74.8 Å². The number of hydrogen-bond acceptors (Lipinski definition) is 15. The predicted octanol–water partition coefficient (Wildman–Crippen LogP) is 1.34. The van der Waals surface area contributed by atoms with Crippen molar-refractivity contribution in [3.05, 3.63) is 94.5 Å². The standard InChI is InChI=1S/C35H32O15/c36-12-23-27(42)29(44)31(46)35(49-23)48-21-11-22-26(28(43)30(45)33(47-22)14-3-6-19(40)20(41)9-14)34-25(21)24(15-7-17(38)10-18(39)8-15)32(50-34)13-1-4-16(37)5-2-13/h1-11,23-24,27,29-33,35-42,44-46H,12H2/t23-,24+,27-,29+,30-,31-,32-,33+,35-/m1/s1. The number of ketones is 1. The molecule has 15 heteroatoms. The van der Waals surface area contributed by atoms with Crippen LogP contribution in [-0.4, -0.2) is 100 Å². The van der Waals surface area contributed by atoms with Crippen molar-refractivity contribution in [2.75, 3.05) is 6.61 Å². The monoisotopic (exact) mass is 692 g/mol. The number of Topliss-reactive ketones (excluding diaryl/α,β-unsaturated/α-hetero) is 1. The Balaban J connectivity index is 1.43. The highest BCUT2D eigenvalue weighted by molar-refractivity contribution is 6.06. The molecule has 0 radical (unpaired) electrons.